The monoisotopic (exact) mass is 384 g/mol. The number of thioether (sulfide) groups is 1. The van der Waals surface area contributed by atoms with Gasteiger partial charge >= 0.3 is 0 Å². The summed E-state index contributed by atoms with van der Waals surface area (Å²) in [6.07, 6.45) is 0. The number of para-hydroxylation sites is 3. The lowest BCUT2D eigenvalue weighted by Gasteiger charge is -2.10. The number of hydrogen-bond donors (Lipinski definition) is 1. The molecule has 8 heteroatoms. The van der Waals surface area contributed by atoms with Crippen molar-refractivity contribution < 1.29 is 14.3 Å². The van der Waals surface area contributed by atoms with E-state index in [0.717, 1.165) is 11.3 Å². The molecule has 1 amide bonds. The average Bonchev–Trinajstić information content (AvgIpc) is 3.07. The molecule has 0 aliphatic heterocycles. The third-order valence-corrected chi connectivity index (χ3v) is 4.92. The minimum absolute atomic E-state index is 0.147. The molecule has 0 bridgehead atoms. The number of benzene rings is 2. The van der Waals surface area contributed by atoms with E-state index in [4.69, 9.17) is 9.47 Å². The van der Waals surface area contributed by atoms with E-state index in [0.29, 0.717) is 22.4 Å². The molecule has 7 nitrogen and oxygen atoms in total. The predicted molar refractivity (Wildman–Crippen MR) is 105 cm³/mol. The van der Waals surface area contributed by atoms with Crippen LogP contribution < -0.4 is 14.8 Å². The fraction of sp³-hybridized carbons (Fsp3) is 0.211. The first kappa shape index (κ1) is 18.8. The molecule has 0 aliphatic rings. The second-order valence-electron chi connectivity index (χ2n) is 5.60. The van der Waals surface area contributed by atoms with Crippen molar-refractivity contribution in [1.82, 2.24) is 14.8 Å². The fourth-order valence-corrected chi connectivity index (χ4v) is 3.28. The van der Waals surface area contributed by atoms with Gasteiger partial charge in [-0.05, 0) is 24.3 Å². The highest BCUT2D eigenvalue weighted by molar-refractivity contribution is 7.99. The zero-order chi connectivity index (χ0) is 19.2. The molecule has 1 heterocycles. The molecule has 1 N–H and O–H groups in total. The number of hydrogen-bond acceptors (Lipinski definition) is 6. The summed E-state index contributed by atoms with van der Waals surface area (Å²) >= 11 is 1.31. The molecule has 0 saturated carbocycles. The molecular formula is C19H20N4O3S. The number of carbonyl (C=O) groups is 1. The lowest BCUT2D eigenvalue weighted by Crippen LogP contribution is -2.15. The Balaban J connectivity index is 1.69. The number of amides is 1. The average molecular weight is 384 g/mol. The van der Waals surface area contributed by atoms with Crippen LogP contribution >= 0.6 is 11.8 Å². The van der Waals surface area contributed by atoms with Crippen LogP contribution in [0.3, 0.4) is 0 Å². The molecule has 0 spiro atoms. The molecule has 0 unspecified atom stereocenters. The first-order valence-electron chi connectivity index (χ1n) is 8.22. The maximum atomic E-state index is 12.3. The molecule has 3 rings (SSSR count). The largest absolute Gasteiger partial charge is 0.496 e. The van der Waals surface area contributed by atoms with Gasteiger partial charge in [-0.3, -0.25) is 4.79 Å². The number of nitrogens with zero attached hydrogens (tertiary/aromatic N) is 3. The Morgan fingerprint density at radius 3 is 2.44 bits per heavy atom. The Morgan fingerprint density at radius 1 is 1.04 bits per heavy atom. The van der Waals surface area contributed by atoms with Crippen LogP contribution in [0, 0.1) is 0 Å². The van der Waals surface area contributed by atoms with Crippen molar-refractivity contribution in [2.45, 2.75) is 5.16 Å². The van der Waals surface area contributed by atoms with Crippen molar-refractivity contribution >= 4 is 23.4 Å². The number of ether oxygens (including phenoxy) is 2. The minimum Gasteiger partial charge on any atom is -0.496 e. The van der Waals surface area contributed by atoms with E-state index >= 15 is 0 Å². The molecule has 0 saturated heterocycles. The smallest absolute Gasteiger partial charge is 0.234 e. The molecule has 2 aromatic carbocycles. The maximum absolute atomic E-state index is 12.3. The third-order valence-electron chi connectivity index (χ3n) is 3.90. The standard InChI is InChI=1S/C19H20N4O3S/c1-23-18(13-8-4-6-10-15(13)25-2)21-22-19(23)27-12-17(24)20-14-9-5-7-11-16(14)26-3/h4-11H,12H2,1-3H3,(H,20,24). The number of carbonyl (C=O) groups excluding carboxylic acids is 1. The van der Waals surface area contributed by atoms with Gasteiger partial charge in [-0.25, -0.2) is 0 Å². The van der Waals surface area contributed by atoms with E-state index in [1.807, 2.05) is 48.0 Å². The summed E-state index contributed by atoms with van der Waals surface area (Å²) in [6, 6.07) is 14.9. The molecule has 3 aromatic rings. The van der Waals surface area contributed by atoms with E-state index in [2.05, 4.69) is 15.5 Å². The van der Waals surface area contributed by atoms with Crippen molar-refractivity contribution in [2.75, 3.05) is 25.3 Å². The Bertz CT molecular complexity index is 942. The third kappa shape index (κ3) is 4.22. The Morgan fingerprint density at radius 2 is 1.70 bits per heavy atom. The molecule has 0 radical (unpaired) electrons. The summed E-state index contributed by atoms with van der Waals surface area (Å²) in [5.41, 5.74) is 1.48. The molecule has 0 aliphatic carbocycles. The highest BCUT2D eigenvalue weighted by Crippen LogP contribution is 2.30. The summed E-state index contributed by atoms with van der Waals surface area (Å²) in [4.78, 5) is 12.3. The fourth-order valence-electron chi connectivity index (χ4n) is 2.57. The van der Waals surface area contributed by atoms with Gasteiger partial charge in [0.25, 0.3) is 0 Å². The van der Waals surface area contributed by atoms with Crippen molar-refractivity contribution in [3.05, 3.63) is 48.5 Å². The van der Waals surface area contributed by atoms with Gasteiger partial charge in [-0.1, -0.05) is 36.0 Å². The van der Waals surface area contributed by atoms with E-state index in [-0.39, 0.29) is 11.7 Å². The molecule has 140 valence electrons. The lowest BCUT2D eigenvalue weighted by atomic mass is 10.2. The Hall–Kier alpha value is -3.00. The summed E-state index contributed by atoms with van der Waals surface area (Å²) in [5.74, 6) is 2.08. The van der Waals surface area contributed by atoms with Gasteiger partial charge in [-0.2, -0.15) is 0 Å². The second-order valence-corrected chi connectivity index (χ2v) is 6.55. The lowest BCUT2D eigenvalue weighted by molar-refractivity contribution is -0.113. The zero-order valence-electron chi connectivity index (χ0n) is 15.3. The molecule has 0 atom stereocenters. The van der Waals surface area contributed by atoms with E-state index in [1.54, 1.807) is 26.4 Å². The van der Waals surface area contributed by atoms with Gasteiger partial charge < -0.3 is 19.4 Å². The first-order chi connectivity index (χ1) is 13.1. The van der Waals surface area contributed by atoms with Crippen molar-refractivity contribution in [3.8, 4) is 22.9 Å². The van der Waals surface area contributed by atoms with Crippen LogP contribution in [0.1, 0.15) is 0 Å². The van der Waals surface area contributed by atoms with Crippen LogP contribution in [0.15, 0.2) is 53.7 Å². The highest BCUT2D eigenvalue weighted by Gasteiger charge is 2.16. The van der Waals surface area contributed by atoms with Gasteiger partial charge in [0.1, 0.15) is 11.5 Å². The Labute approximate surface area is 161 Å². The first-order valence-corrected chi connectivity index (χ1v) is 9.21. The van der Waals surface area contributed by atoms with Crippen LogP contribution in [-0.4, -0.2) is 40.6 Å². The molecule has 1 aromatic heterocycles. The van der Waals surface area contributed by atoms with Gasteiger partial charge in [0, 0.05) is 7.05 Å². The number of anilines is 1. The zero-order valence-corrected chi connectivity index (χ0v) is 16.1. The van der Waals surface area contributed by atoms with Crippen molar-refractivity contribution in [2.24, 2.45) is 7.05 Å². The predicted octanol–water partition coefficient (Wildman–Crippen LogP) is 3.23. The minimum atomic E-state index is -0.147. The van der Waals surface area contributed by atoms with Gasteiger partial charge in [-0.15, -0.1) is 10.2 Å². The van der Waals surface area contributed by atoms with Gasteiger partial charge in [0.05, 0.1) is 31.2 Å². The maximum Gasteiger partial charge on any atom is 0.234 e. The van der Waals surface area contributed by atoms with Crippen LogP contribution in [0.25, 0.3) is 11.4 Å². The highest BCUT2D eigenvalue weighted by atomic mass is 32.2. The molecule has 27 heavy (non-hydrogen) atoms. The molecular weight excluding hydrogens is 364 g/mol. The van der Waals surface area contributed by atoms with E-state index in [9.17, 15) is 4.79 Å². The van der Waals surface area contributed by atoms with E-state index in [1.165, 1.54) is 11.8 Å². The van der Waals surface area contributed by atoms with Gasteiger partial charge in [0.2, 0.25) is 5.91 Å². The van der Waals surface area contributed by atoms with Crippen LogP contribution in [-0.2, 0) is 11.8 Å². The van der Waals surface area contributed by atoms with Gasteiger partial charge in [0.15, 0.2) is 11.0 Å². The van der Waals surface area contributed by atoms with E-state index < -0.39 is 0 Å². The second kappa shape index (κ2) is 8.59. The normalized spacial score (nSPS) is 10.5. The quantitative estimate of drug-likeness (QED) is 0.630. The van der Waals surface area contributed by atoms with Crippen LogP contribution in [0.2, 0.25) is 0 Å². The number of methoxy groups -OCH3 is 2. The Kier molecular flexibility index (Phi) is 5.97. The summed E-state index contributed by atoms with van der Waals surface area (Å²) in [5, 5.41) is 11.9. The van der Waals surface area contributed by atoms with Crippen LogP contribution in [0.5, 0.6) is 11.5 Å². The van der Waals surface area contributed by atoms with Crippen molar-refractivity contribution in [1.29, 1.82) is 0 Å². The summed E-state index contributed by atoms with van der Waals surface area (Å²) in [6.45, 7) is 0. The van der Waals surface area contributed by atoms with Crippen LogP contribution in [0.4, 0.5) is 5.69 Å². The van der Waals surface area contributed by atoms with Crippen molar-refractivity contribution in [3.63, 3.8) is 0 Å². The SMILES string of the molecule is COc1ccccc1NC(=O)CSc1nnc(-c2ccccc2OC)n1C. The summed E-state index contributed by atoms with van der Waals surface area (Å²) in [7, 11) is 5.05. The number of nitrogens with one attached hydrogen (secondary N) is 1. The summed E-state index contributed by atoms with van der Waals surface area (Å²) < 4.78 is 12.5. The number of aromatic nitrogens is 3. The number of rotatable bonds is 7. The molecule has 0 fully saturated rings. The topological polar surface area (TPSA) is 78.3 Å².